The summed E-state index contributed by atoms with van der Waals surface area (Å²) in [4.78, 5) is 36.5. The monoisotopic (exact) mass is 557 g/mol. The van der Waals surface area contributed by atoms with E-state index in [0.717, 1.165) is 0 Å². The molecule has 0 saturated carbocycles. The third-order valence-corrected chi connectivity index (χ3v) is 4.48. The van der Waals surface area contributed by atoms with Crippen LogP contribution in [0, 0.1) is 0 Å². The Balaban J connectivity index is 2.95. The fourth-order valence-electron chi connectivity index (χ4n) is 2.96. The highest BCUT2D eigenvalue weighted by atomic mass is 19.4. The maximum absolute atomic E-state index is 13.1. The van der Waals surface area contributed by atoms with Gasteiger partial charge in [-0.05, 0) is 72.6 Å². The number of halogens is 6. The highest BCUT2D eigenvalue weighted by molar-refractivity contribution is 5.94. The number of alkyl halides is 6. The van der Waals surface area contributed by atoms with Crippen molar-refractivity contribution in [1.29, 1.82) is 0 Å². The number of hydrogen-bond donors (Lipinski definition) is 3. The molecule has 0 fully saturated rings. The number of ether oxygens (including phenoxy) is 2. The van der Waals surface area contributed by atoms with Crippen LogP contribution < -0.4 is 16.0 Å². The Morgan fingerprint density at radius 1 is 0.763 bits per heavy atom. The van der Waals surface area contributed by atoms with Crippen LogP contribution in [0.25, 0.3) is 0 Å². The molecule has 216 valence electrons. The van der Waals surface area contributed by atoms with Crippen molar-refractivity contribution >= 4 is 18.1 Å². The van der Waals surface area contributed by atoms with Crippen molar-refractivity contribution in [2.75, 3.05) is 13.1 Å². The van der Waals surface area contributed by atoms with Crippen LogP contribution in [0.5, 0.6) is 0 Å². The average molecular weight is 558 g/mol. The van der Waals surface area contributed by atoms with Crippen molar-refractivity contribution < 1.29 is 50.2 Å². The van der Waals surface area contributed by atoms with Crippen LogP contribution in [-0.2, 0) is 21.8 Å². The fraction of sp³-hybridized carbons (Fsp3) is 0.625. The molecule has 14 heteroatoms. The van der Waals surface area contributed by atoms with E-state index in [2.05, 4.69) is 16.0 Å². The van der Waals surface area contributed by atoms with Gasteiger partial charge in [0.25, 0.3) is 5.91 Å². The molecule has 0 aliphatic rings. The minimum Gasteiger partial charge on any atom is -0.444 e. The van der Waals surface area contributed by atoms with E-state index in [1.165, 1.54) is 0 Å². The molecule has 0 aromatic heterocycles. The van der Waals surface area contributed by atoms with Crippen LogP contribution in [0.2, 0.25) is 0 Å². The second kappa shape index (κ2) is 12.6. The van der Waals surface area contributed by atoms with Crippen LogP contribution in [-0.4, -0.2) is 48.4 Å². The average Bonchev–Trinajstić information content (AvgIpc) is 2.70. The molecular weight excluding hydrogens is 524 g/mol. The zero-order valence-electron chi connectivity index (χ0n) is 21.9. The van der Waals surface area contributed by atoms with Gasteiger partial charge in [0, 0.05) is 24.7 Å². The predicted octanol–water partition coefficient (Wildman–Crippen LogP) is 5.65. The maximum atomic E-state index is 13.1. The van der Waals surface area contributed by atoms with Gasteiger partial charge in [0.2, 0.25) is 0 Å². The number of rotatable bonds is 8. The van der Waals surface area contributed by atoms with Crippen LogP contribution in [0.15, 0.2) is 18.2 Å². The molecule has 1 aromatic carbocycles. The largest absolute Gasteiger partial charge is 0.444 e. The Hall–Kier alpha value is -3.19. The molecule has 0 saturated heterocycles. The molecule has 0 bridgehead atoms. The predicted molar refractivity (Wildman–Crippen MR) is 125 cm³/mol. The van der Waals surface area contributed by atoms with Crippen LogP contribution in [0.3, 0.4) is 0 Å². The normalized spacial score (nSPS) is 13.4. The van der Waals surface area contributed by atoms with Crippen molar-refractivity contribution in [2.45, 2.75) is 84.0 Å². The Morgan fingerprint density at radius 2 is 1.24 bits per heavy atom. The summed E-state index contributed by atoms with van der Waals surface area (Å²) < 4.78 is 88.9. The van der Waals surface area contributed by atoms with Gasteiger partial charge in [0.15, 0.2) is 0 Å². The Labute approximate surface area is 216 Å². The molecule has 0 aliphatic carbocycles. The number of nitrogens with one attached hydrogen (secondary N) is 3. The molecule has 1 aromatic rings. The van der Waals surface area contributed by atoms with Crippen LogP contribution in [0.4, 0.5) is 35.9 Å². The van der Waals surface area contributed by atoms with Crippen LogP contribution in [0.1, 0.15) is 75.9 Å². The van der Waals surface area contributed by atoms with Gasteiger partial charge in [-0.25, -0.2) is 9.59 Å². The molecule has 0 spiro atoms. The van der Waals surface area contributed by atoms with E-state index in [1.807, 2.05) is 0 Å². The topological polar surface area (TPSA) is 106 Å². The second-order valence-corrected chi connectivity index (χ2v) is 10.4. The number of amides is 3. The third kappa shape index (κ3) is 12.9. The van der Waals surface area contributed by atoms with Gasteiger partial charge in [-0.1, -0.05) is 0 Å². The third-order valence-electron chi connectivity index (χ3n) is 4.48. The lowest BCUT2D eigenvalue weighted by Gasteiger charge is -2.24. The lowest BCUT2D eigenvalue weighted by atomic mass is 10.0. The van der Waals surface area contributed by atoms with E-state index >= 15 is 0 Å². The Kier molecular flexibility index (Phi) is 10.9. The fourth-order valence-corrected chi connectivity index (χ4v) is 2.96. The SMILES string of the molecule is CC(C)(C)OC(=O)NCCC[C@@H](CNC(=O)c1cc(C(F)(F)F)cc(C(F)(F)F)c1)NC(=O)OC(C)(C)C. The molecule has 0 aliphatic heterocycles. The summed E-state index contributed by atoms with van der Waals surface area (Å²) in [6.45, 7) is 9.65. The standard InChI is InChI=1S/C24H33F6N3O5/c1-21(2,3)37-19(35)31-9-7-8-17(33-20(36)38-22(4,5)6)13-32-18(34)14-10-15(23(25,26)27)12-16(11-14)24(28,29)30/h10-12,17H,7-9,13H2,1-6H3,(H,31,35)(H,32,34)(H,33,36)/t17-/m0/s1. The van der Waals surface area contributed by atoms with Gasteiger partial charge >= 0.3 is 24.5 Å². The lowest BCUT2D eigenvalue weighted by Crippen LogP contribution is -2.46. The molecular formula is C24H33F6N3O5. The summed E-state index contributed by atoms with van der Waals surface area (Å²) in [6, 6.07) is -0.291. The highest BCUT2D eigenvalue weighted by Gasteiger charge is 2.37. The zero-order valence-corrected chi connectivity index (χ0v) is 21.9. The zero-order chi connectivity index (χ0) is 29.5. The second-order valence-electron chi connectivity index (χ2n) is 10.4. The highest BCUT2D eigenvalue weighted by Crippen LogP contribution is 2.36. The molecule has 8 nitrogen and oxygen atoms in total. The molecule has 3 N–H and O–H groups in total. The number of benzene rings is 1. The smallest absolute Gasteiger partial charge is 0.416 e. The van der Waals surface area contributed by atoms with Crippen molar-refractivity contribution in [3.05, 3.63) is 34.9 Å². The van der Waals surface area contributed by atoms with Gasteiger partial charge < -0.3 is 25.4 Å². The van der Waals surface area contributed by atoms with Crippen molar-refractivity contribution in [2.24, 2.45) is 0 Å². The van der Waals surface area contributed by atoms with Gasteiger partial charge in [0.05, 0.1) is 11.1 Å². The molecule has 0 radical (unpaired) electrons. The molecule has 0 heterocycles. The molecule has 3 amide bonds. The summed E-state index contributed by atoms with van der Waals surface area (Å²) in [5.41, 5.74) is -5.69. The van der Waals surface area contributed by atoms with E-state index < -0.39 is 64.4 Å². The van der Waals surface area contributed by atoms with Crippen LogP contribution >= 0.6 is 0 Å². The first-order chi connectivity index (χ1) is 17.1. The van der Waals surface area contributed by atoms with Crippen molar-refractivity contribution in [3.63, 3.8) is 0 Å². The summed E-state index contributed by atoms with van der Waals surface area (Å²) in [5.74, 6) is -1.20. The first-order valence-electron chi connectivity index (χ1n) is 11.6. The quantitative estimate of drug-likeness (QED) is 0.283. The van der Waals surface area contributed by atoms with E-state index in [1.54, 1.807) is 41.5 Å². The molecule has 38 heavy (non-hydrogen) atoms. The number of alkyl carbamates (subject to hydrolysis) is 2. The molecule has 1 rings (SSSR count). The van der Waals surface area contributed by atoms with E-state index in [4.69, 9.17) is 9.47 Å². The Morgan fingerprint density at radius 3 is 1.68 bits per heavy atom. The van der Waals surface area contributed by atoms with Crippen molar-refractivity contribution in [1.82, 2.24) is 16.0 Å². The summed E-state index contributed by atoms with van der Waals surface area (Å²) in [7, 11) is 0. The number of carbonyl (C=O) groups excluding carboxylic acids is 3. The lowest BCUT2D eigenvalue weighted by molar-refractivity contribution is -0.143. The summed E-state index contributed by atoms with van der Waals surface area (Å²) in [5, 5.41) is 7.26. The van der Waals surface area contributed by atoms with Gasteiger partial charge in [-0.2, -0.15) is 26.3 Å². The van der Waals surface area contributed by atoms with E-state index in [0.29, 0.717) is 12.1 Å². The molecule has 0 unspecified atom stereocenters. The van der Waals surface area contributed by atoms with Crippen molar-refractivity contribution in [3.8, 4) is 0 Å². The maximum Gasteiger partial charge on any atom is 0.416 e. The Bertz CT molecular complexity index is 949. The minimum absolute atomic E-state index is 0.0820. The van der Waals surface area contributed by atoms with Gasteiger partial charge in [-0.3, -0.25) is 4.79 Å². The first-order valence-corrected chi connectivity index (χ1v) is 11.6. The molecule has 1 atom stereocenters. The minimum atomic E-state index is -5.11. The van der Waals surface area contributed by atoms with Gasteiger partial charge in [-0.15, -0.1) is 0 Å². The summed E-state index contributed by atoms with van der Waals surface area (Å²) in [6.07, 6.45) is -11.3. The number of hydrogen-bond acceptors (Lipinski definition) is 5. The number of carbonyl (C=O) groups is 3. The summed E-state index contributed by atoms with van der Waals surface area (Å²) >= 11 is 0. The van der Waals surface area contributed by atoms with E-state index in [-0.39, 0.29) is 32.0 Å². The van der Waals surface area contributed by atoms with E-state index in [9.17, 15) is 40.7 Å². The first kappa shape index (κ1) is 32.8. The van der Waals surface area contributed by atoms with Gasteiger partial charge in [0.1, 0.15) is 11.2 Å².